The van der Waals surface area contributed by atoms with Gasteiger partial charge in [0, 0.05) is 11.3 Å². The van der Waals surface area contributed by atoms with Crippen molar-refractivity contribution in [3.05, 3.63) is 29.8 Å². The summed E-state index contributed by atoms with van der Waals surface area (Å²) in [6.07, 6.45) is -4.44. The number of nitrogens with one attached hydrogen (secondary N) is 2. The number of carbonyl (C=O) groups is 1. The first-order chi connectivity index (χ1) is 8.90. The molecule has 0 atom stereocenters. The Bertz CT molecular complexity index is 503. The van der Waals surface area contributed by atoms with Gasteiger partial charge in [0.2, 0.25) is 0 Å². The molecule has 102 valence electrons. The molecule has 1 aromatic rings. The Morgan fingerprint density at radius 2 is 2.11 bits per heavy atom. The third-order valence-electron chi connectivity index (χ3n) is 1.90. The van der Waals surface area contributed by atoms with Gasteiger partial charge in [-0.15, -0.1) is 0 Å². The smallest absolute Gasteiger partial charge is 0.329 e. The molecule has 0 saturated heterocycles. The number of hydrogen-bond acceptors (Lipinski definition) is 2. The molecule has 2 amide bonds. The number of benzene rings is 1. The minimum absolute atomic E-state index is 0.198. The summed E-state index contributed by atoms with van der Waals surface area (Å²) >= 11 is 0. The van der Waals surface area contributed by atoms with Crippen molar-refractivity contribution in [2.24, 2.45) is 5.73 Å². The maximum atomic E-state index is 11.9. The average molecular weight is 271 g/mol. The number of rotatable bonds is 2. The van der Waals surface area contributed by atoms with Crippen LogP contribution in [0, 0.1) is 11.8 Å². The maximum absolute atomic E-state index is 11.9. The number of urea groups is 1. The number of nitrogens with two attached hydrogens (primary N) is 1. The molecule has 4 N–H and O–H groups in total. The Morgan fingerprint density at radius 1 is 1.37 bits per heavy atom. The highest BCUT2D eigenvalue weighted by Gasteiger charge is 2.27. The van der Waals surface area contributed by atoms with Gasteiger partial charge in [-0.05, 0) is 18.2 Å². The van der Waals surface area contributed by atoms with Crippen LogP contribution in [0.15, 0.2) is 24.3 Å². The zero-order chi connectivity index (χ0) is 14.3. The van der Waals surface area contributed by atoms with Crippen molar-refractivity contribution in [2.75, 3.05) is 18.4 Å². The first-order valence-electron chi connectivity index (χ1n) is 5.31. The maximum Gasteiger partial charge on any atom is 0.405 e. The van der Waals surface area contributed by atoms with E-state index in [9.17, 15) is 18.0 Å². The lowest BCUT2D eigenvalue weighted by Gasteiger charge is -2.09. The largest absolute Gasteiger partial charge is 0.405 e. The Kier molecular flexibility index (Phi) is 5.21. The van der Waals surface area contributed by atoms with Crippen LogP contribution in [0.2, 0.25) is 0 Å². The summed E-state index contributed by atoms with van der Waals surface area (Å²) in [5, 5.41) is 3.98. The molecular formula is C12H12F3N3O. The summed E-state index contributed by atoms with van der Waals surface area (Å²) < 4.78 is 35.7. The molecule has 0 aromatic heterocycles. The van der Waals surface area contributed by atoms with E-state index in [4.69, 9.17) is 5.73 Å². The SMILES string of the molecule is NCC#Cc1cccc(NC(=O)NCC(F)(F)F)c1. The van der Waals surface area contributed by atoms with Gasteiger partial charge >= 0.3 is 12.2 Å². The fourth-order valence-corrected chi connectivity index (χ4v) is 1.18. The van der Waals surface area contributed by atoms with E-state index in [0.717, 1.165) is 0 Å². The molecule has 0 heterocycles. The highest BCUT2D eigenvalue weighted by Crippen LogP contribution is 2.13. The van der Waals surface area contributed by atoms with Crippen LogP contribution >= 0.6 is 0 Å². The third-order valence-corrected chi connectivity index (χ3v) is 1.90. The van der Waals surface area contributed by atoms with Crippen molar-refractivity contribution in [3.8, 4) is 11.8 Å². The van der Waals surface area contributed by atoms with Gasteiger partial charge in [-0.25, -0.2) is 4.79 Å². The van der Waals surface area contributed by atoms with Crippen molar-refractivity contribution in [1.29, 1.82) is 0 Å². The number of amides is 2. The second kappa shape index (κ2) is 6.66. The van der Waals surface area contributed by atoms with Gasteiger partial charge in [0.15, 0.2) is 0 Å². The summed E-state index contributed by atoms with van der Waals surface area (Å²) in [6, 6.07) is 5.47. The number of anilines is 1. The molecule has 19 heavy (non-hydrogen) atoms. The lowest BCUT2D eigenvalue weighted by Crippen LogP contribution is -2.36. The second-order valence-corrected chi connectivity index (χ2v) is 3.51. The Morgan fingerprint density at radius 3 is 2.74 bits per heavy atom. The minimum Gasteiger partial charge on any atom is -0.329 e. The first kappa shape index (κ1) is 14.9. The summed E-state index contributed by atoms with van der Waals surface area (Å²) in [4.78, 5) is 11.2. The monoisotopic (exact) mass is 271 g/mol. The topological polar surface area (TPSA) is 67.1 Å². The van der Waals surface area contributed by atoms with E-state index in [-0.39, 0.29) is 6.54 Å². The van der Waals surface area contributed by atoms with E-state index in [1.165, 1.54) is 6.07 Å². The molecule has 0 saturated carbocycles. The molecule has 1 rings (SSSR count). The predicted octanol–water partition coefficient (Wildman–Crippen LogP) is 1.68. The summed E-state index contributed by atoms with van der Waals surface area (Å²) in [5.74, 6) is 5.38. The normalized spacial score (nSPS) is 10.3. The Labute approximate surface area is 108 Å². The fourth-order valence-electron chi connectivity index (χ4n) is 1.18. The van der Waals surface area contributed by atoms with Crippen LogP contribution in [-0.4, -0.2) is 25.3 Å². The molecule has 1 aromatic carbocycles. The molecule has 0 aliphatic rings. The fraction of sp³-hybridized carbons (Fsp3) is 0.250. The van der Waals surface area contributed by atoms with Crippen molar-refractivity contribution < 1.29 is 18.0 Å². The van der Waals surface area contributed by atoms with Crippen LogP contribution in [-0.2, 0) is 0 Å². The van der Waals surface area contributed by atoms with Crippen LogP contribution in [0.5, 0.6) is 0 Å². The minimum atomic E-state index is -4.44. The van der Waals surface area contributed by atoms with E-state index < -0.39 is 18.8 Å². The molecule has 0 fully saturated rings. The molecule has 0 unspecified atom stereocenters. The molecular weight excluding hydrogens is 259 g/mol. The van der Waals surface area contributed by atoms with E-state index in [0.29, 0.717) is 11.3 Å². The van der Waals surface area contributed by atoms with Gasteiger partial charge in [-0.1, -0.05) is 17.9 Å². The van der Waals surface area contributed by atoms with Gasteiger partial charge in [0.25, 0.3) is 0 Å². The molecule has 4 nitrogen and oxygen atoms in total. The van der Waals surface area contributed by atoms with E-state index in [1.807, 2.05) is 0 Å². The average Bonchev–Trinajstić information content (AvgIpc) is 2.33. The van der Waals surface area contributed by atoms with Gasteiger partial charge in [0.1, 0.15) is 6.54 Å². The molecule has 0 aliphatic carbocycles. The zero-order valence-corrected chi connectivity index (χ0v) is 9.84. The van der Waals surface area contributed by atoms with Crippen LogP contribution in [0.25, 0.3) is 0 Å². The highest BCUT2D eigenvalue weighted by atomic mass is 19.4. The number of halogens is 3. The summed E-state index contributed by atoms with van der Waals surface area (Å²) in [7, 11) is 0. The number of hydrogen-bond donors (Lipinski definition) is 3. The lowest BCUT2D eigenvalue weighted by molar-refractivity contribution is -0.122. The summed E-state index contributed by atoms with van der Waals surface area (Å²) in [5.41, 5.74) is 6.18. The molecule has 0 aliphatic heterocycles. The van der Waals surface area contributed by atoms with Gasteiger partial charge in [-0.3, -0.25) is 0 Å². The van der Waals surface area contributed by atoms with Gasteiger partial charge < -0.3 is 16.4 Å². The first-order valence-corrected chi connectivity index (χ1v) is 5.31. The van der Waals surface area contributed by atoms with Gasteiger partial charge in [0.05, 0.1) is 6.54 Å². The van der Waals surface area contributed by atoms with Crippen molar-refractivity contribution in [3.63, 3.8) is 0 Å². The van der Waals surface area contributed by atoms with E-state index in [1.54, 1.807) is 23.5 Å². The van der Waals surface area contributed by atoms with E-state index >= 15 is 0 Å². The number of alkyl halides is 3. The standard InChI is InChI=1S/C12H12F3N3O/c13-12(14,15)8-17-11(19)18-10-5-1-3-9(7-10)4-2-6-16/h1,3,5,7H,6,8,16H2,(H2,17,18,19). The van der Waals surface area contributed by atoms with Crippen molar-refractivity contribution >= 4 is 11.7 Å². The van der Waals surface area contributed by atoms with Crippen molar-refractivity contribution in [1.82, 2.24) is 5.32 Å². The lowest BCUT2D eigenvalue weighted by atomic mass is 10.2. The molecule has 7 heteroatoms. The molecule has 0 bridgehead atoms. The van der Waals surface area contributed by atoms with Gasteiger partial charge in [-0.2, -0.15) is 13.2 Å². The molecule has 0 radical (unpaired) electrons. The van der Waals surface area contributed by atoms with Crippen LogP contribution in [0.3, 0.4) is 0 Å². The van der Waals surface area contributed by atoms with Crippen LogP contribution in [0.1, 0.15) is 5.56 Å². The summed E-state index contributed by atoms with van der Waals surface area (Å²) in [6.45, 7) is -1.19. The Balaban J connectivity index is 2.59. The quantitative estimate of drug-likeness (QED) is 0.716. The van der Waals surface area contributed by atoms with Crippen molar-refractivity contribution in [2.45, 2.75) is 6.18 Å². The highest BCUT2D eigenvalue weighted by molar-refractivity contribution is 5.89. The van der Waals surface area contributed by atoms with Crippen LogP contribution < -0.4 is 16.4 Å². The van der Waals surface area contributed by atoms with Crippen LogP contribution in [0.4, 0.5) is 23.7 Å². The second-order valence-electron chi connectivity index (χ2n) is 3.51. The number of carbonyl (C=O) groups excluding carboxylic acids is 1. The Hall–Kier alpha value is -2.20. The zero-order valence-electron chi connectivity index (χ0n) is 9.84. The molecule has 0 spiro atoms. The van der Waals surface area contributed by atoms with E-state index in [2.05, 4.69) is 17.2 Å². The third kappa shape index (κ3) is 6.33. The predicted molar refractivity (Wildman–Crippen MR) is 65.5 cm³/mol.